The summed E-state index contributed by atoms with van der Waals surface area (Å²) in [7, 11) is 1.81. The van der Waals surface area contributed by atoms with E-state index in [1.54, 1.807) is 7.11 Å². The average molecular weight is 214 g/mol. The summed E-state index contributed by atoms with van der Waals surface area (Å²) in [5, 5.41) is 3.45. The third-order valence-corrected chi connectivity index (χ3v) is 3.28. The van der Waals surface area contributed by atoms with Crippen LogP contribution in [0.4, 0.5) is 0 Å². The van der Waals surface area contributed by atoms with Gasteiger partial charge in [-0.1, -0.05) is 13.8 Å². The van der Waals surface area contributed by atoms with Gasteiger partial charge in [-0.3, -0.25) is 4.90 Å². The largest absolute Gasteiger partial charge is 0.383 e. The van der Waals surface area contributed by atoms with E-state index in [1.807, 2.05) is 0 Å². The normalized spacial score (nSPS) is 23.6. The smallest absolute Gasteiger partial charge is 0.0618 e. The van der Waals surface area contributed by atoms with Crippen LogP contribution in [0, 0.1) is 0 Å². The van der Waals surface area contributed by atoms with Crippen molar-refractivity contribution < 1.29 is 4.74 Å². The van der Waals surface area contributed by atoms with Gasteiger partial charge in [0, 0.05) is 25.7 Å². The number of hydrogen-bond acceptors (Lipinski definition) is 3. The third-order valence-electron chi connectivity index (χ3n) is 3.28. The summed E-state index contributed by atoms with van der Waals surface area (Å²) >= 11 is 0. The second-order valence-electron chi connectivity index (χ2n) is 4.40. The van der Waals surface area contributed by atoms with Gasteiger partial charge in [-0.2, -0.15) is 0 Å². The lowest BCUT2D eigenvalue weighted by atomic mass is 10.1. The quantitative estimate of drug-likeness (QED) is 0.695. The van der Waals surface area contributed by atoms with Gasteiger partial charge in [-0.05, 0) is 32.4 Å². The van der Waals surface area contributed by atoms with Gasteiger partial charge < -0.3 is 10.1 Å². The molecule has 1 saturated heterocycles. The molecule has 2 atom stereocenters. The monoisotopic (exact) mass is 214 g/mol. The molecule has 0 aromatic rings. The van der Waals surface area contributed by atoms with Crippen molar-refractivity contribution in [2.24, 2.45) is 0 Å². The van der Waals surface area contributed by atoms with Gasteiger partial charge in [0.2, 0.25) is 0 Å². The Morgan fingerprint density at radius 1 is 1.47 bits per heavy atom. The Morgan fingerprint density at radius 2 is 2.27 bits per heavy atom. The molecule has 1 rings (SSSR count). The summed E-state index contributed by atoms with van der Waals surface area (Å²) in [6, 6.07) is 1.32. The summed E-state index contributed by atoms with van der Waals surface area (Å²) in [6.45, 7) is 8.92. The second-order valence-corrected chi connectivity index (χ2v) is 4.40. The molecule has 1 N–H and O–H groups in total. The third kappa shape index (κ3) is 3.74. The van der Waals surface area contributed by atoms with Crippen LogP contribution in [-0.2, 0) is 4.74 Å². The summed E-state index contributed by atoms with van der Waals surface area (Å²) in [5.74, 6) is 0. The lowest BCUT2D eigenvalue weighted by Gasteiger charge is -2.35. The van der Waals surface area contributed by atoms with Gasteiger partial charge >= 0.3 is 0 Å². The summed E-state index contributed by atoms with van der Waals surface area (Å²) in [4.78, 5) is 2.64. The van der Waals surface area contributed by atoms with Gasteiger partial charge in [0.1, 0.15) is 0 Å². The molecular formula is C12H26N2O. The molecule has 3 nitrogen and oxygen atoms in total. The standard InChI is InChI=1S/C12H26N2O/c1-4-8-14(11(5-2)10-15-3)12-6-7-13-9-12/h11-13H,4-10H2,1-3H3. The lowest BCUT2D eigenvalue weighted by molar-refractivity contribution is 0.0630. The van der Waals surface area contributed by atoms with Crippen LogP contribution in [0.2, 0.25) is 0 Å². The number of rotatable bonds is 7. The zero-order chi connectivity index (χ0) is 11.1. The molecule has 0 aromatic heterocycles. The van der Waals surface area contributed by atoms with Gasteiger partial charge in [0.15, 0.2) is 0 Å². The number of nitrogens with zero attached hydrogens (tertiary/aromatic N) is 1. The zero-order valence-corrected chi connectivity index (χ0v) is 10.5. The molecule has 0 aliphatic carbocycles. The molecule has 0 saturated carbocycles. The van der Waals surface area contributed by atoms with E-state index in [-0.39, 0.29) is 0 Å². The van der Waals surface area contributed by atoms with Crippen molar-refractivity contribution in [1.82, 2.24) is 10.2 Å². The SMILES string of the molecule is CCCN(C1CCNC1)C(CC)COC. The number of ether oxygens (including phenoxy) is 1. The topological polar surface area (TPSA) is 24.5 Å². The first kappa shape index (κ1) is 12.9. The van der Waals surface area contributed by atoms with Crippen molar-refractivity contribution in [2.75, 3.05) is 33.4 Å². The van der Waals surface area contributed by atoms with E-state index in [0.717, 1.165) is 19.2 Å². The molecule has 0 radical (unpaired) electrons. The Hall–Kier alpha value is -0.120. The average Bonchev–Trinajstić information content (AvgIpc) is 2.76. The fraction of sp³-hybridized carbons (Fsp3) is 1.00. The predicted octanol–water partition coefficient (Wildman–Crippen LogP) is 1.49. The van der Waals surface area contributed by atoms with Crippen molar-refractivity contribution in [3.05, 3.63) is 0 Å². The Balaban J connectivity index is 2.52. The molecule has 15 heavy (non-hydrogen) atoms. The van der Waals surface area contributed by atoms with Gasteiger partial charge in [-0.15, -0.1) is 0 Å². The molecule has 0 amide bonds. The van der Waals surface area contributed by atoms with Crippen LogP contribution in [-0.4, -0.2) is 50.3 Å². The highest BCUT2D eigenvalue weighted by Crippen LogP contribution is 2.15. The zero-order valence-electron chi connectivity index (χ0n) is 10.5. The minimum Gasteiger partial charge on any atom is -0.383 e. The molecule has 0 bridgehead atoms. The molecule has 2 unspecified atom stereocenters. The molecule has 90 valence electrons. The number of hydrogen-bond donors (Lipinski definition) is 1. The van der Waals surface area contributed by atoms with E-state index >= 15 is 0 Å². The van der Waals surface area contributed by atoms with Crippen LogP contribution in [0.1, 0.15) is 33.1 Å². The van der Waals surface area contributed by atoms with Crippen LogP contribution in [0.15, 0.2) is 0 Å². The highest BCUT2D eigenvalue weighted by atomic mass is 16.5. The maximum absolute atomic E-state index is 5.32. The number of methoxy groups -OCH3 is 1. The maximum Gasteiger partial charge on any atom is 0.0618 e. The lowest BCUT2D eigenvalue weighted by Crippen LogP contribution is -2.46. The first-order chi connectivity index (χ1) is 7.33. The van der Waals surface area contributed by atoms with Crippen molar-refractivity contribution in [1.29, 1.82) is 0 Å². The molecule has 0 aromatic carbocycles. The van der Waals surface area contributed by atoms with E-state index in [9.17, 15) is 0 Å². The molecular weight excluding hydrogens is 188 g/mol. The van der Waals surface area contributed by atoms with E-state index < -0.39 is 0 Å². The van der Waals surface area contributed by atoms with E-state index in [2.05, 4.69) is 24.1 Å². The molecule has 1 heterocycles. The van der Waals surface area contributed by atoms with E-state index in [1.165, 1.54) is 32.4 Å². The fourth-order valence-electron chi connectivity index (χ4n) is 2.48. The van der Waals surface area contributed by atoms with Gasteiger partial charge in [-0.25, -0.2) is 0 Å². The van der Waals surface area contributed by atoms with Crippen molar-refractivity contribution >= 4 is 0 Å². The predicted molar refractivity (Wildman–Crippen MR) is 64.2 cm³/mol. The van der Waals surface area contributed by atoms with Crippen LogP contribution in [0.25, 0.3) is 0 Å². The van der Waals surface area contributed by atoms with Gasteiger partial charge in [0.05, 0.1) is 6.61 Å². The second kappa shape index (κ2) is 7.20. The van der Waals surface area contributed by atoms with E-state index in [4.69, 9.17) is 4.74 Å². The van der Waals surface area contributed by atoms with Crippen LogP contribution in [0.3, 0.4) is 0 Å². The fourth-order valence-corrected chi connectivity index (χ4v) is 2.48. The highest BCUT2D eigenvalue weighted by Gasteiger charge is 2.26. The summed E-state index contributed by atoms with van der Waals surface area (Å²) < 4.78 is 5.32. The van der Waals surface area contributed by atoms with Crippen molar-refractivity contribution in [3.63, 3.8) is 0 Å². The molecule has 1 aliphatic heterocycles. The molecule has 3 heteroatoms. The van der Waals surface area contributed by atoms with Crippen LogP contribution in [0.5, 0.6) is 0 Å². The Kier molecular flexibility index (Phi) is 6.22. The highest BCUT2D eigenvalue weighted by molar-refractivity contribution is 4.84. The summed E-state index contributed by atoms with van der Waals surface area (Å²) in [5.41, 5.74) is 0. The van der Waals surface area contributed by atoms with Crippen molar-refractivity contribution in [3.8, 4) is 0 Å². The maximum atomic E-state index is 5.32. The Morgan fingerprint density at radius 3 is 2.73 bits per heavy atom. The molecule has 1 fully saturated rings. The van der Waals surface area contributed by atoms with Crippen molar-refractivity contribution in [2.45, 2.75) is 45.2 Å². The Bertz CT molecular complexity index is 158. The number of nitrogens with one attached hydrogen (secondary N) is 1. The van der Waals surface area contributed by atoms with Crippen LogP contribution >= 0.6 is 0 Å². The minimum absolute atomic E-state index is 0.597. The minimum atomic E-state index is 0.597. The molecule has 0 spiro atoms. The first-order valence-electron chi connectivity index (χ1n) is 6.28. The first-order valence-corrected chi connectivity index (χ1v) is 6.28. The Labute approximate surface area is 94.2 Å². The molecule has 1 aliphatic rings. The summed E-state index contributed by atoms with van der Waals surface area (Å²) in [6.07, 6.45) is 3.71. The van der Waals surface area contributed by atoms with E-state index in [0.29, 0.717) is 6.04 Å². The van der Waals surface area contributed by atoms with Gasteiger partial charge in [0.25, 0.3) is 0 Å². The van der Waals surface area contributed by atoms with Crippen LogP contribution < -0.4 is 5.32 Å².